The SMILES string of the molecule is O=C(O)CCN1C(=O)c2ccc(Cc3ccc4c(c3)C(=O)N(CCC(=O)O)C4=O)cc2C1=O. The molecule has 2 heterocycles. The summed E-state index contributed by atoms with van der Waals surface area (Å²) < 4.78 is 0. The second kappa shape index (κ2) is 8.30. The molecule has 0 saturated heterocycles. The summed E-state index contributed by atoms with van der Waals surface area (Å²) in [6.45, 7) is -0.424. The molecular formula is C23H18N2O8. The molecule has 33 heavy (non-hydrogen) atoms. The molecule has 4 rings (SSSR count). The van der Waals surface area contributed by atoms with Crippen LogP contribution in [0, 0.1) is 0 Å². The predicted octanol–water partition coefficient (Wildman–Crippen LogP) is 1.42. The number of hydrogen-bond donors (Lipinski definition) is 2. The average Bonchev–Trinajstić information content (AvgIpc) is 3.14. The summed E-state index contributed by atoms with van der Waals surface area (Å²) in [6.07, 6.45) is -0.374. The highest BCUT2D eigenvalue weighted by atomic mass is 16.4. The lowest BCUT2D eigenvalue weighted by Gasteiger charge is -2.11. The molecule has 0 atom stereocenters. The molecule has 10 nitrogen and oxygen atoms in total. The fourth-order valence-corrected chi connectivity index (χ4v) is 3.95. The minimum atomic E-state index is -1.11. The summed E-state index contributed by atoms with van der Waals surface area (Å²) in [5, 5.41) is 17.6. The first kappa shape index (κ1) is 21.9. The summed E-state index contributed by atoms with van der Waals surface area (Å²) >= 11 is 0. The van der Waals surface area contributed by atoms with Gasteiger partial charge in [-0.2, -0.15) is 0 Å². The number of carboxylic acids is 2. The van der Waals surface area contributed by atoms with Crippen LogP contribution in [0.2, 0.25) is 0 Å². The lowest BCUT2D eigenvalue weighted by atomic mass is 9.98. The molecule has 0 saturated carbocycles. The Kier molecular flexibility index (Phi) is 5.50. The molecule has 10 heteroatoms. The average molecular weight is 450 g/mol. The van der Waals surface area contributed by atoms with Gasteiger partial charge in [0.1, 0.15) is 0 Å². The van der Waals surface area contributed by atoms with Gasteiger partial charge >= 0.3 is 11.9 Å². The van der Waals surface area contributed by atoms with Crippen LogP contribution in [0.3, 0.4) is 0 Å². The van der Waals surface area contributed by atoms with Gasteiger partial charge in [-0.1, -0.05) is 12.1 Å². The molecule has 0 aromatic heterocycles. The Morgan fingerprint density at radius 2 is 0.970 bits per heavy atom. The number of imide groups is 2. The first-order valence-corrected chi connectivity index (χ1v) is 10.1. The van der Waals surface area contributed by atoms with E-state index in [-0.39, 0.29) is 48.2 Å². The number of carbonyl (C=O) groups excluding carboxylic acids is 4. The number of rotatable bonds is 8. The van der Waals surface area contributed by atoms with E-state index >= 15 is 0 Å². The third-order valence-corrected chi connectivity index (χ3v) is 5.58. The van der Waals surface area contributed by atoms with Crippen molar-refractivity contribution in [1.82, 2.24) is 9.80 Å². The third kappa shape index (κ3) is 3.98. The van der Waals surface area contributed by atoms with Gasteiger partial charge in [0.05, 0.1) is 35.1 Å². The van der Waals surface area contributed by atoms with Crippen LogP contribution in [0.25, 0.3) is 0 Å². The molecular weight excluding hydrogens is 432 g/mol. The van der Waals surface area contributed by atoms with Gasteiger partial charge in [0, 0.05) is 13.1 Å². The zero-order chi connectivity index (χ0) is 23.9. The highest BCUT2D eigenvalue weighted by molar-refractivity contribution is 6.22. The molecule has 2 N–H and O–H groups in total. The molecule has 0 spiro atoms. The van der Waals surface area contributed by atoms with Crippen LogP contribution in [0.5, 0.6) is 0 Å². The number of benzene rings is 2. The maximum absolute atomic E-state index is 12.6. The summed E-state index contributed by atoms with van der Waals surface area (Å²) in [7, 11) is 0. The number of fused-ring (bicyclic) bond motifs is 2. The molecule has 0 radical (unpaired) electrons. The maximum atomic E-state index is 12.6. The van der Waals surface area contributed by atoms with E-state index in [1.807, 2.05) is 0 Å². The van der Waals surface area contributed by atoms with Crippen molar-refractivity contribution >= 4 is 35.6 Å². The van der Waals surface area contributed by atoms with Gasteiger partial charge in [-0.15, -0.1) is 0 Å². The third-order valence-electron chi connectivity index (χ3n) is 5.58. The van der Waals surface area contributed by atoms with Crippen molar-refractivity contribution in [3.05, 3.63) is 69.8 Å². The second-order valence-electron chi connectivity index (χ2n) is 7.75. The molecule has 2 aliphatic rings. The zero-order valence-electron chi connectivity index (χ0n) is 17.2. The molecule has 2 aromatic carbocycles. The minimum absolute atomic E-state index is 0.190. The van der Waals surface area contributed by atoms with Crippen LogP contribution in [-0.2, 0) is 16.0 Å². The van der Waals surface area contributed by atoms with Gasteiger partial charge in [0.25, 0.3) is 23.6 Å². The lowest BCUT2D eigenvalue weighted by Crippen LogP contribution is -2.31. The van der Waals surface area contributed by atoms with E-state index in [4.69, 9.17) is 10.2 Å². The fourth-order valence-electron chi connectivity index (χ4n) is 3.95. The van der Waals surface area contributed by atoms with E-state index in [1.165, 1.54) is 12.1 Å². The number of hydrogen-bond acceptors (Lipinski definition) is 6. The van der Waals surface area contributed by atoms with E-state index in [9.17, 15) is 28.8 Å². The van der Waals surface area contributed by atoms with Crippen molar-refractivity contribution in [2.45, 2.75) is 19.3 Å². The van der Waals surface area contributed by atoms with E-state index in [1.54, 1.807) is 24.3 Å². The van der Waals surface area contributed by atoms with Gasteiger partial charge < -0.3 is 10.2 Å². The molecule has 0 aliphatic carbocycles. The zero-order valence-corrected chi connectivity index (χ0v) is 17.2. The Morgan fingerprint density at radius 3 is 1.33 bits per heavy atom. The molecule has 2 aromatic rings. The van der Waals surface area contributed by atoms with E-state index in [0.29, 0.717) is 17.5 Å². The number of carboxylic acid groups (broad SMARTS) is 2. The Labute approximate surface area is 187 Å². The van der Waals surface area contributed by atoms with Crippen molar-refractivity contribution in [2.24, 2.45) is 0 Å². The number of aliphatic carboxylic acids is 2. The van der Waals surface area contributed by atoms with Crippen LogP contribution in [0.4, 0.5) is 0 Å². The van der Waals surface area contributed by atoms with E-state index < -0.39 is 35.6 Å². The molecule has 2 aliphatic heterocycles. The Morgan fingerprint density at radius 1 is 0.606 bits per heavy atom. The van der Waals surface area contributed by atoms with Crippen LogP contribution in [-0.4, -0.2) is 68.7 Å². The van der Waals surface area contributed by atoms with Gasteiger partial charge in [0.15, 0.2) is 0 Å². The van der Waals surface area contributed by atoms with Crippen molar-refractivity contribution in [3.63, 3.8) is 0 Å². The van der Waals surface area contributed by atoms with E-state index in [0.717, 1.165) is 9.80 Å². The minimum Gasteiger partial charge on any atom is -0.481 e. The smallest absolute Gasteiger partial charge is 0.305 e. The molecule has 168 valence electrons. The molecule has 0 fully saturated rings. The van der Waals surface area contributed by atoms with Gasteiger partial charge in [0.2, 0.25) is 0 Å². The van der Waals surface area contributed by atoms with Crippen molar-refractivity contribution in [2.75, 3.05) is 13.1 Å². The van der Waals surface area contributed by atoms with Crippen LogP contribution >= 0.6 is 0 Å². The fraction of sp³-hybridized carbons (Fsp3) is 0.217. The number of nitrogens with zero attached hydrogens (tertiary/aromatic N) is 2. The second-order valence-corrected chi connectivity index (χ2v) is 7.75. The maximum Gasteiger partial charge on any atom is 0.305 e. The summed E-state index contributed by atoms with van der Waals surface area (Å²) in [6, 6.07) is 9.50. The van der Waals surface area contributed by atoms with Crippen molar-refractivity contribution in [3.8, 4) is 0 Å². The largest absolute Gasteiger partial charge is 0.481 e. The monoisotopic (exact) mass is 450 g/mol. The Hall–Kier alpha value is -4.34. The topological polar surface area (TPSA) is 149 Å². The van der Waals surface area contributed by atoms with Gasteiger partial charge in [-0.25, -0.2) is 0 Å². The molecule has 0 unspecified atom stereocenters. The summed E-state index contributed by atoms with van der Waals surface area (Å²) in [4.78, 5) is 73.4. The van der Waals surface area contributed by atoms with Crippen LogP contribution in [0.1, 0.15) is 65.4 Å². The van der Waals surface area contributed by atoms with Crippen LogP contribution < -0.4 is 0 Å². The quantitative estimate of drug-likeness (QED) is 0.574. The van der Waals surface area contributed by atoms with Gasteiger partial charge in [-0.3, -0.25) is 38.6 Å². The first-order valence-electron chi connectivity index (χ1n) is 10.1. The Bertz CT molecular complexity index is 1150. The summed E-state index contributed by atoms with van der Waals surface area (Å²) in [5.74, 6) is -4.41. The standard InChI is InChI=1S/C23H18N2O8/c26-18(27)5-7-24-20(30)14-3-1-12(10-16(14)22(24)32)9-13-2-4-15-17(11-13)23(33)25(21(15)31)8-6-19(28)29/h1-4,10-11H,5-9H2,(H,26,27)(H,28,29). The predicted molar refractivity (Wildman–Crippen MR) is 111 cm³/mol. The normalized spacial score (nSPS) is 14.7. The van der Waals surface area contributed by atoms with Gasteiger partial charge in [-0.05, 0) is 41.8 Å². The molecule has 4 amide bonds. The highest BCUT2D eigenvalue weighted by Gasteiger charge is 2.37. The van der Waals surface area contributed by atoms with Crippen LogP contribution in [0.15, 0.2) is 36.4 Å². The number of carbonyl (C=O) groups is 6. The Balaban J connectivity index is 1.54. The van der Waals surface area contributed by atoms with Crippen molar-refractivity contribution < 1.29 is 39.0 Å². The first-order chi connectivity index (χ1) is 15.7. The molecule has 0 bridgehead atoms. The van der Waals surface area contributed by atoms with E-state index in [2.05, 4.69) is 0 Å². The highest BCUT2D eigenvalue weighted by Crippen LogP contribution is 2.28. The lowest BCUT2D eigenvalue weighted by molar-refractivity contribution is -0.138. The van der Waals surface area contributed by atoms with Crippen molar-refractivity contribution in [1.29, 1.82) is 0 Å². The summed E-state index contributed by atoms with van der Waals surface area (Å²) in [5.41, 5.74) is 2.17. The number of amides is 4.